The smallest absolute Gasteiger partial charge is 0.335 e. The highest BCUT2D eigenvalue weighted by Crippen LogP contribution is 2.28. The van der Waals surface area contributed by atoms with Crippen LogP contribution in [0.1, 0.15) is 69.7 Å². The zero-order chi connectivity index (χ0) is 20.7. The molecule has 2 amide bonds. The molecule has 1 aliphatic rings. The average Bonchev–Trinajstić information content (AvgIpc) is 2.63. The van der Waals surface area contributed by atoms with Crippen LogP contribution in [0.2, 0.25) is 0 Å². The minimum absolute atomic E-state index is 0.0420. The van der Waals surface area contributed by atoms with Crippen molar-refractivity contribution in [1.29, 1.82) is 0 Å². The van der Waals surface area contributed by atoms with Gasteiger partial charge in [0.1, 0.15) is 11.8 Å². The van der Waals surface area contributed by atoms with E-state index in [2.05, 4.69) is 10.6 Å². The average molecular weight is 390 g/mol. The van der Waals surface area contributed by atoms with Crippen molar-refractivity contribution < 1.29 is 24.2 Å². The van der Waals surface area contributed by atoms with Crippen molar-refractivity contribution in [2.24, 2.45) is 5.92 Å². The number of anilines is 1. The van der Waals surface area contributed by atoms with Crippen LogP contribution in [0.25, 0.3) is 0 Å². The quantitative estimate of drug-likeness (QED) is 0.629. The van der Waals surface area contributed by atoms with E-state index >= 15 is 0 Å². The van der Waals surface area contributed by atoms with Gasteiger partial charge in [-0.2, -0.15) is 0 Å². The predicted molar refractivity (Wildman–Crippen MR) is 107 cm³/mol. The van der Waals surface area contributed by atoms with Gasteiger partial charge in [-0.1, -0.05) is 19.3 Å². The van der Waals surface area contributed by atoms with Gasteiger partial charge in [-0.15, -0.1) is 0 Å². The monoisotopic (exact) mass is 390 g/mol. The molecule has 1 aliphatic carbocycles. The molecule has 28 heavy (non-hydrogen) atoms. The van der Waals surface area contributed by atoms with Crippen molar-refractivity contribution in [2.45, 2.75) is 71.4 Å². The second kappa shape index (κ2) is 10.1. The maximum Gasteiger partial charge on any atom is 0.335 e. The van der Waals surface area contributed by atoms with E-state index in [0.29, 0.717) is 18.1 Å². The van der Waals surface area contributed by atoms with Crippen LogP contribution >= 0.6 is 0 Å². The summed E-state index contributed by atoms with van der Waals surface area (Å²) >= 11 is 0. The number of hydrogen-bond acceptors (Lipinski definition) is 4. The second-order valence-electron chi connectivity index (χ2n) is 7.67. The van der Waals surface area contributed by atoms with E-state index in [1.54, 1.807) is 6.92 Å². The first-order valence-electron chi connectivity index (χ1n) is 9.90. The van der Waals surface area contributed by atoms with Crippen molar-refractivity contribution >= 4 is 23.5 Å². The van der Waals surface area contributed by atoms with Crippen LogP contribution in [0, 0.1) is 5.92 Å². The lowest BCUT2D eigenvalue weighted by Crippen LogP contribution is -2.42. The summed E-state index contributed by atoms with van der Waals surface area (Å²) in [5.41, 5.74) is 0.312. The van der Waals surface area contributed by atoms with E-state index in [9.17, 15) is 19.5 Å². The molecule has 1 aromatic carbocycles. The first kappa shape index (κ1) is 21.7. The SMILES string of the molecule is CC(C)Oc1ccc(C(=O)O)cc1NC(=O)C(C)NC(=O)CC1CCCCC1. The third-order valence-electron chi connectivity index (χ3n) is 4.82. The van der Waals surface area contributed by atoms with Crippen LogP contribution in [0.3, 0.4) is 0 Å². The summed E-state index contributed by atoms with van der Waals surface area (Å²) < 4.78 is 5.65. The van der Waals surface area contributed by atoms with Gasteiger partial charge in [-0.3, -0.25) is 9.59 Å². The molecule has 7 heteroatoms. The zero-order valence-electron chi connectivity index (χ0n) is 16.8. The Morgan fingerprint density at radius 3 is 2.43 bits per heavy atom. The number of benzene rings is 1. The fourth-order valence-electron chi connectivity index (χ4n) is 3.38. The number of ether oxygens (including phenoxy) is 1. The minimum atomic E-state index is -1.10. The second-order valence-corrected chi connectivity index (χ2v) is 7.67. The van der Waals surface area contributed by atoms with Crippen LogP contribution in [-0.4, -0.2) is 35.0 Å². The van der Waals surface area contributed by atoms with Crippen molar-refractivity contribution in [3.8, 4) is 5.75 Å². The molecule has 0 aromatic heterocycles. The van der Waals surface area contributed by atoms with E-state index in [-0.39, 0.29) is 23.3 Å². The molecule has 7 nitrogen and oxygen atoms in total. The molecule has 1 unspecified atom stereocenters. The van der Waals surface area contributed by atoms with Crippen LogP contribution < -0.4 is 15.4 Å². The lowest BCUT2D eigenvalue weighted by atomic mass is 9.87. The van der Waals surface area contributed by atoms with Gasteiger partial charge in [0.25, 0.3) is 0 Å². The Bertz CT molecular complexity index is 711. The van der Waals surface area contributed by atoms with Crippen LogP contribution in [0.5, 0.6) is 5.75 Å². The van der Waals surface area contributed by atoms with E-state index in [4.69, 9.17) is 4.74 Å². The Labute approximate surface area is 165 Å². The lowest BCUT2D eigenvalue weighted by molar-refractivity contribution is -0.127. The van der Waals surface area contributed by atoms with Crippen molar-refractivity contribution in [3.63, 3.8) is 0 Å². The number of rotatable bonds is 8. The van der Waals surface area contributed by atoms with Gasteiger partial charge in [0.15, 0.2) is 0 Å². The largest absolute Gasteiger partial charge is 0.489 e. The Hall–Kier alpha value is -2.57. The van der Waals surface area contributed by atoms with Gasteiger partial charge in [0.2, 0.25) is 11.8 Å². The molecule has 0 saturated heterocycles. The number of carbonyl (C=O) groups excluding carboxylic acids is 2. The maximum absolute atomic E-state index is 12.5. The zero-order valence-corrected chi connectivity index (χ0v) is 16.8. The Morgan fingerprint density at radius 1 is 1.14 bits per heavy atom. The topological polar surface area (TPSA) is 105 Å². The number of nitrogens with one attached hydrogen (secondary N) is 2. The fraction of sp³-hybridized carbons (Fsp3) is 0.571. The van der Waals surface area contributed by atoms with Gasteiger partial charge in [0.05, 0.1) is 17.4 Å². The Morgan fingerprint density at radius 2 is 1.82 bits per heavy atom. The standard InChI is InChI=1S/C21H30N2O5/c1-13(2)28-18-10-9-16(21(26)27)12-17(18)23-20(25)14(3)22-19(24)11-15-7-5-4-6-8-15/h9-10,12-15H,4-8,11H2,1-3H3,(H,22,24)(H,23,25)(H,26,27). The molecular formula is C21H30N2O5. The molecule has 1 atom stereocenters. The number of carboxylic acid groups (broad SMARTS) is 1. The van der Waals surface area contributed by atoms with Crippen molar-refractivity contribution in [1.82, 2.24) is 5.32 Å². The molecule has 1 saturated carbocycles. The van der Waals surface area contributed by atoms with Gasteiger partial charge < -0.3 is 20.5 Å². The van der Waals surface area contributed by atoms with Gasteiger partial charge >= 0.3 is 5.97 Å². The molecule has 154 valence electrons. The molecule has 0 aliphatic heterocycles. The molecule has 0 bridgehead atoms. The summed E-state index contributed by atoms with van der Waals surface area (Å²) in [7, 11) is 0. The Kier molecular flexibility index (Phi) is 7.84. The van der Waals surface area contributed by atoms with E-state index < -0.39 is 17.9 Å². The fourth-order valence-corrected chi connectivity index (χ4v) is 3.38. The normalized spacial score (nSPS) is 15.7. The van der Waals surface area contributed by atoms with Crippen LogP contribution in [-0.2, 0) is 9.59 Å². The molecule has 0 spiro atoms. The highest BCUT2D eigenvalue weighted by atomic mass is 16.5. The first-order valence-corrected chi connectivity index (χ1v) is 9.90. The summed E-state index contributed by atoms with van der Waals surface area (Å²) in [4.78, 5) is 36.0. The van der Waals surface area contributed by atoms with Gasteiger partial charge in [0, 0.05) is 6.42 Å². The highest BCUT2D eigenvalue weighted by molar-refractivity contribution is 5.99. The molecule has 1 aromatic rings. The van der Waals surface area contributed by atoms with Crippen molar-refractivity contribution in [3.05, 3.63) is 23.8 Å². The minimum Gasteiger partial charge on any atom is -0.489 e. The number of carbonyl (C=O) groups is 3. The molecule has 1 fully saturated rings. The van der Waals surface area contributed by atoms with Gasteiger partial charge in [-0.05, 0) is 57.7 Å². The van der Waals surface area contributed by atoms with Crippen LogP contribution in [0.4, 0.5) is 5.69 Å². The lowest BCUT2D eigenvalue weighted by Gasteiger charge is -2.22. The van der Waals surface area contributed by atoms with Crippen LogP contribution in [0.15, 0.2) is 18.2 Å². The molecule has 2 rings (SSSR count). The molecule has 0 radical (unpaired) electrons. The summed E-state index contributed by atoms with van der Waals surface area (Å²) in [6.45, 7) is 5.29. The summed E-state index contributed by atoms with van der Waals surface area (Å²) in [5.74, 6) is -0.877. The third kappa shape index (κ3) is 6.55. The Balaban J connectivity index is 2.00. The number of aromatic carboxylic acids is 1. The maximum atomic E-state index is 12.5. The number of amides is 2. The summed E-state index contributed by atoms with van der Waals surface area (Å²) in [5, 5.41) is 14.6. The molecule has 0 heterocycles. The summed E-state index contributed by atoms with van der Waals surface area (Å²) in [6, 6.07) is 3.56. The van der Waals surface area contributed by atoms with E-state index in [1.807, 2.05) is 13.8 Å². The number of hydrogen-bond donors (Lipinski definition) is 3. The third-order valence-corrected chi connectivity index (χ3v) is 4.82. The van der Waals surface area contributed by atoms with E-state index in [0.717, 1.165) is 25.7 Å². The van der Waals surface area contributed by atoms with Gasteiger partial charge in [-0.25, -0.2) is 4.79 Å². The predicted octanol–water partition coefficient (Wildman–Crippen LogP) is 3.59. The van der Waals surface area contributed by atoms with E-state index in [1.165, 1.54) is 24.6 Å². The number of carboxylic acids is 1. The highest BCUT2D eigenvalue weighted by Gasteiger charge is 2.22. The molecule has 3 N–H and O–H groups in total. The van der Waals surface area contributed by atoms with Crippen molar-refractivity contribution in [2.75, 3.05) is 5.32 Å². The summed E-state index contributed by atoms with van der Waals surface area (Å²) in [6.07, 6.45) is 5.97. The molecular weight excluding hydrogens is 360 g/mol. The first-order chi connectivity index (χ1) is 13.3.